The first-order valence-electron chi connectivity index (χ1n) is 9.10. The topological polar surface area (TPSA) is 147 Å². The lowest BCUT2D eigenvalue weighted by molar-refractivity contribution is -0.150. The van der Waals surface area contributed by atoms with Gasteiger partial charge in [0.05, 0.1) is 0 Å². The number of fused-ring (bicyclic) bond motifs is 1. The summed E-state index contributed by atoms with van der Waals surface area (Å²) in [5.41, 5.74) is 5.84. The molecule has 0 spiro atoms. The van der Waals surface area contributed by atoms with Gasteiger partial charge in [-0.3, -0.25) is 14.5 Å². The predicted octanol–water partition coefficient (Wildman–Crippen LogP) is 0.757. The van der Waals surface area contributed by atoms with Gasteiger partial charge in [0.25, 0.3) is 11.8 Å². The molecule has 3 aliphatic rings. The summed E-state index contributed by atoms with van der Waals surface area (Å²) in [6.45, 7) is 0. The number of carboxylic acids is 1. The number of carbonyl (C=O) groups is 3. The van der Waals surface area contributed by atoms with Crippen LogP contribution in [0, 0.1) is 0 Å². The molecule has 2 fully saturated rings. The van der Waals surface area contributed by atoms with E-state index in [0.717, 1.165) is 25.7 Å². The van der Waals surface area contributed by atoms with Crippen molar-refractivity contribution in [2.24, 2.45) is 5.16 Å². The van der Waals surface area contributed by atoms with Crippen LogP contribution >= 0.6 is 23.1 Å². The number of aliphatic carboxylic acids is 1. The molecule has 4 N–H and O–H groups in total. The fourth-order valence-electron chi connectivity index (χ4n) is 3.47. The van der Waals surface area contributed by atoms with Crippen LogP contribution in [0.2, 0.25) is 0 Å². The summed E-state index contributed by atoms with van der Waals surface area (Å²) in [7, 11) is 0. The molecule has 12 heteroatoms. The highest BCUT2D eigenvalue weighted by atomic mass is 32.2. The summed E-state index contributed by atoms with van der Waals surface area (Å²) in [4.78, 5) is 47.5. The normalized spacial score (nSPS) is 24.6. The number of amides is 2. The summed E-state index contributed by atoms with van der Waals surface area (Å²) in [6, 6.07) is -0.844. The van der Waals surface area contributed by atoms with E-state index < -0.39 is 29.2 Å². The van der Waals surface area contributed by atoms with E-state index in [1.54, 1.807) is 5.38 Å². The number of oxime groups is 1. The third kappa shape index (κ3) is 3.81. The number of carboxylic acid groups (broad SMARTS) is 1. The number of nitrogens with two attached hydrogens (primary N) is 1. The van der Waals surface area contributed by atoms with Gasteiger partial charge in [-0.05, 0) is 31.8 Å². The van der Waals surface area contributed by atoms with Gasteiger partial charge in [-0.25, -0.2) is 9.78 Å². The van der Waals surface area contributed by atoms with Crippen molar-refractivity contribution in [3.8, 4) is 0 Å². The van der Waals surface area contributed by atoms with Crippen LogP contribution in [0.15, 0.2) is 22.3 Å². The Morgan fingerprint density at radius 3 is 2.79 bits per heavy atom. The second-order valence-corrected chi connectivity index (χ2v) is 8.84. The van der Waals surface area contributed by atoms with E-state index in [-0.39, 0.29) is 28.3 Å². The number of carbonyl (C=O) groups excluding carboxylic acids is 2. The van der Waals surface area contributed by atoms with Gasteiger partial charge < -0.3 is 21.0 Å². The molecule has 2 atom stereocenters. The second-order valence-electron chi connectivity index (χ2n) is 6.80. The second kappa shape index (κ2) is 8.03. The molecule has 4 rings (SSSR count). The molecule has 2 aliphatic heterocycles. The Balaban J connectivity index is 1.50. The zero-order valence-electron chi connectivity index (χ0n) is 15.2. The molecule has 0 bridgehead atoms. The van der Waals surface area contributed by atoms with Crippen LogP contribution in [0.3, 0.4) is 0 Å². The number of nitrogen functional groups attached to an aromatic ring is 1. The van der Waals surface area contributed by atoms with Gasteiger partial charge in [0.1, 0.15) is 28.9 Å². The molecule has 0 aromatic carbocycles. The zero-order valence-corrected chi connectivity index (χ0v) is 16.9. The van der Waals surface area contributed by atoms with E-state index >= 15 is 0 Å². The minimum atomic E-state index is -1.17. The molecule has 154 valence electrons. The van der Waals surface area contributed by atoms with E-state index in [9.17, 15) is 19.5 Å². The van der Waals surface area contributed by atoms with E-state index in [1.807, 2.05) is 0 Å². The highest BCUT2D eigenvalue weighted by Gasteiger charge is 2.53. The van der Waals surface area contributed by atoms with Gasteiger partial charge >= 0.3 is 5.97 Å². The van der Waals surface area contributed by atoms with Gasteiger partial charge in [-0.15, -0.1) is 23.1 Å². The van der Waals surface area contributed by atoms with Crippen molar-refractivity contribution in [1.82, 2.24) is 15.2 Å². The fraction of sp³-hybridized carbons (Fsp3) is 0.471. The van der Waals surface area contributed by atoms with Crippen molar-refractivity contribution in [3.05, 3.63) is 22.8 Å². The lowest BCUT2D eigenvalue weighted by atomic mass is 10.0. The SMILES string of the molecule is Nc1nc(C(=NOC2CCCC2)C(=O)NC2C(=O)N3C(C(=O)O)=CCS[C@H]23)cs1. The number of anilines is 1. The van der Waals surface area contributed by atoms with Crippen LogP contribution in [0.5, 0.6) is 0 Å². The van der Waals surface area contributed by atoms with Crippen LogP contribution < -0.4 is 11.1 Å². The summed E-state index contributed by atoms with van der Waals surface area (Å²) >= 11 is 2.55. The summed E-state index contributed by atoms with van der Waals surface area (Å²) in [6.07, 6.45) is 5.28. The minimum Gasteiger partial charge on any atom is -0.477 e. The Morgan fingerprint density at radius 1 is 1.38 bits per heavy atom. The van der Waals surface area contributed by atoms with E-state index in [2.05, 4.69) is 15.5 Å². The molecule has 1 saturated carbocycles. The summed E-state index contributed by atoms with van der Waals surface area (Å²) in [5.74, 6) is -1.81. The maximum absolute atomic E-state index is 12.9. The van der Waals surface area contributed by atoms with Crippen molar-refractivity contribution >= 4 is 51.7 Å². The molecule has 10 nitrogen and oxygen atoms in total. The number of thiazole rings is 1. The zero-order chi connectivity index (χ0) is 20.5. The molecule has 1 aromatic rings. The number of thioether (sulfide) groups is 1. The molecule has 3 heterocycles. The Kier molecular flexibility index (Phi) is 5.46. The first-order valence-corrected chi connectivity index (χ1v) is 11.0. The highest BCUT2D eigenvalue weighted by molar-refractivity contribution is 8.00. The van der Waals surface area contributed by atoms with Crippen molar-refractivity contribution < 1.29 is 24.3 Å². The standard InChI is InChI=1S/C17H19N5O5S2/c18-17-19-9(7-29-17)11(21-27-8-3-1-2-4-8)13(23)20-12-14(24)22-10(16(25)26)5-6-28-15(12)22/h5,7-8,12,15H,1-4,6H2,(H2,18,19)(H,20,23)(H,25,26)/t12?,15-/m1/s1. The average Bonchev–Trinajstić information content (AvgIpc) is 3.37. The number of hydrogen-bond acceptors (Lipinski definition) is 9. The lowest BCUT2D eigenvalue weighted by Gasteiger charge is -2.48. The van der Waals surface area contributed by atoms with Gasteiger partial charge in [-0.1, -0.05) is 5.16 Å². The van der Waals surface area contributed by atoms with Crippen molar-refractivity contribution in [1.29, 1.82) is 0 Å². The van der Waals surface area contributed by atoms with Crippen LogP contribution in [0.4, 0.5) is 5.13 Å². The van der Waals surface area contributed by atoms with Gasteiger partial charge in [0.15, 0.2) is 10.8 Å². The van der Waals surface area contributed by atoms with E-state index in [4.69, 9.17) is 10.6 Å². The Labute approximate surface area is 174 Å². The fourth-order valence-corrected chi connectivity index (χ4v) is 5.21. The minimum absolute atomic E-state index is 0.0493. The smallest absolute Gasteiger partial charge is 0.352 e. The molecular weight excluding hydrogens is 418 g/mol. The molecule has 0 radical (unpaired) electrons. The Bertz CT molecular complexity index is 908. The third-order valence-electron chi connectivity index (χ3n) is 4.93. The predicted molar refractivity (Wildman–Crippen MR) is 107 cm³/mol. The molecular formula is C17H19N5O5S2. The highest BCUT2D eigenvalue weighted by Crippen LogP contribution is 2.37. The van der Waals surface area contributed by atoms with E-state index in [1.165, 1.54) is 34.1 Å². The number of nitrogens with zero attached hydrogens (tertiary/aromatic N) is 3. The molecule has 29 heavy (non-hydrogen) atoms. The van der Waals surface area contributed by atoms with Crippen LogP contribution in [0.1, 0.15) is 31.4 Å². The molecule has 1 saturated heterocycles. The maximum atomic E-state index is 12.9. The number of nitrogens with one attached hydrogen (secondary N) is 1. The first-order chi connectivity index (χ1) is 14.0. The number of rotatable bonds is 6. The number of β-lactam (4-membered cyclic amide) rings is 1. The van der Waals surface area contributed by atoms with Crippen molar-refractivity contribution in [3.63, 3.8) is 0 Å². The van der Waals surface area contributed by atoms with Crippen LogP contribution in [0.25, 0.3) is 0 Å². The third-order valence-corrected chi connectivity index (χ3v) is 6.78. The van der Waals surface area contributed by atoms with Crippen molar-refractivity contribution in [2.75, 3.05) is 11.5 Å². The van der Waals surface area contributed by atoms with Crippen LogP contribution in [-0.4, -0.2) is 61.8 Å². The molecule has 1 aliphatic carbocycles. The Hall–Kier alpha value is -2.60. The largest absolute Gasteiger partial charge is 0.477 e. The average molecular weight is 438 g/mol. The maximum Gasteiger partial charge on any atom is 0.352 e. The molecule has 2 amide bonds. The summed E-state index contributed by atoms with van der Waals surface area (Å²) < 4.78 is 0. The summed E-state index contributed by atoms with van der Waals surface area (Å²) in [5, 5.41) is 17.3. The quantitative estimate of drug-likeness (QED) is 0.336. The Morgan fingerprint density at radius 2 is 2.14 bits per heavy atom. The molecule has 1 unspecified atom stereocenters. The van der Waals surface area contributed by atoms with Gasteiger partial charge in [0, 0.05) is 11.1 Å². The number of aromatic nitrogens is 1. The van der Waals surface area contributed by atoms with Crippen LogP contribution in [-0.2, 0) is 19.2 Å². The number of hydrogen-bond donors (Lipinski definition) is 3. The first kappa shape index (κ1) is 19.7. The molecule has 1 aromatic heterocycles. The van der Waals surface area contributed by atoms with Gasteiger partial charge in [0.2, 0.25) is 0 Å². The van der Waals surface area contributed by atoms with Gasteiger partial charge in [-0.2, -0.15) is 0 Å². The van der Waals surface area contributed by atoms with Crippen molar-refractivity contribution in [2.45, 2.75) is 43.2 Å². The lowest BCUT2D eigenvalue weighted by Crippen LogP contribution is -2.70. The van der Waals surface area contributed by atoms with E-state index in [0.29, 0.717) is 5.75 Å². The monoisotopic (exact) mass is 437 g/mol.